The maximum Gasteiger partial charge on any atom is 0.194 e. The first-order valence-corrected chi connectivity index (χ1v) is 10.8. The second-order valence-electron chi connectivity index (χ2n) is 8.13. The molecule has 3 saturated heterocycles. The van der Waals surface area contributed by atoms with Crippen LogP contribution in [-0.2, 0) is 15.1 Å². The van der Waals surface area contributed by atoms with E-state index >= 15 is 0 Å². The molecule has 5 atom stereocenters. The first kappa shape index (κ1) is 17.3. The lowest BCUT2D eigenvalue weighted by Gasteiger charge is -2.46. The van der Waals surface area contributed by atoms with Gasteiger partial charge >= 0.3 is 0 Å². The Labute approximate surface area is 161 Å². The summed E-state index contributed by atoms with van der Waals surface area (Å²) in [7, 11) is 4.54. The van der Waals surface area contributed by atoms with Crippen LogP contribution in [0.4, 0.5) is 0 Å². The molecule has 0 amide bonds. The molecular weight excluding hydrogens is 370 g/mol. The van der Waals surface area contributed by atoms with Crippen molar-refractivity contribution >= 4 is 22.7 Å². The summed E-state index contributed by atoms with van der Waals surface area (Å²) in [6.07, 6.45) is 1.03. The fourth-order valence-corrected chi connectivity index (χ4v) is 6.72. The van der Waals surface area contributed by atoms with Crippen molar-refractivity contribution in [1.29, 1.82) is 0 Å². The smallest absolute Gasteiger partial charge is 0.194 e. The van der Waals surface area contributed by atoms with Crippen molar-refractivity contribution in [3.63, 3.8) is 0 Å². The molecule has 5 unspecified atom stereocenters. The van der Waals surface area contributed by atoms with Crippen molar-refractivity contribution in [2.75, 3.05) is 14.1 Å². The van der Waals surface area contributed by atoms with E-state index in [0.29, 0.717) is 34.0 Å². The summed E-state index contributed by atoms with van der Waals surface area (Å²) in [4.78, 5) is 1.40. The van der Waals surface area contributed by atoms with Crippen LogP contribution in [0.1, 0.15) is 22.6 Å². The highest BCUT2D eigenvalue weighted by Crippen LogP contribution is 2.52. The predicted molar refractivity (Wildman–Crippen MR) is 100 cm³/mol. The molecule has 5 heterocycles. The molecule has 3 aliphatic rings. The molecule has 3 aliphatic heterocycles. The fourth-order valence-electron chi connectivity index (χ4n) is 4.95. The van der Waals surface area contributed by atoms with E-state index in [1.165, 1.54) is 22.7 Å². The molecule has 0 aliphatic carbocycles. The molecule has 0 saturated carbocycles. The summed E-state index contributed by atoms with van der Waals surface area (Å²) in [6.45, 7) is 0. The van der Waals surface area contributed by atoms with Gasteiger partial charge in [-0.15, -0.1) is 22.7 Å². The molecule has 2 bridgehead atoms. The van der Waals surface area contributed by atoms with Crippen LogP contribution in [-0.4, -0.2) is 65.5 Å². The summed E-state index contributed by atoms with van der Waals surface area (Å²) in [5, 5.41) is 26.2. The highest BCUT2D eigenvalue weighted by atomic mass is 32.1. The van der Waals surface area contributed by atoms with Gasteiger partial charge in [0.15, 0.2) is 11.9 Å². The molecule has 0 aromatic carbocycles. The van der Waals surface area contributed by atoms with Crippen molar-refractivity contribution in [1.82, 2.24) is 0 Å². The molecule has 0 spiro atoms. The maximum absolute atomic E-state index is 11.5. The van der Waals surface area contributed by atoms with Gasteiger partial charge < -0.3 is 24.2 Å². The second-order valence-corrected chi connectivity index (χ2v) is 10.0. The molecule has 5 nitrogen and oxygen atoms in total. The SMILES string of the molecule is C[N+]1(C)C2CC(OC(O)C(O)(c3cccs3)c3cccs3)CC1C1OC12. The summed E-state index contributed by atoms with van der Waals surface area (Å²) >= 11 is 2.87. The van der Waals surface area contributed by atoms with Crippen molar-refractivity contribution in [3.05, 3.63) is 44.8 Å². The van der Waals surface area contributed by atoms with E-state index in [9.17, 15) is 10.2 Å². The summed E-state index contributed by atoms with van der Waals surface area (Å²) < 4.78 is 12.9. The lowest BCUT2D eigenvalue weighted by Crippen LogP contribution is -2.60. The van der Waals surface area contributed by atoms with E-state index in [1.54, 1.807) is 0 Å². The minimum Gasteiger partial charge on any atom is -0.374 e. The molecule has 0 radical (unpaired) electrons. The number of quaternary nitrogens is 1. The van der Waals surface area contributed by atoms with Gasteiger partial charge in [0.05, 0.1) is 20.2 Å². The van der Waals surface area contributed by atoms with Gasteiger partial charge in [-0.2, -0.15) is 0 Å². The van der Waals surface area contributed by atoms with E-state index < -0.39 is 11.9 Å². The zero-order chi connectivity index (χ0) is 18.1. The molecule has 140 valence electrons. The van der Waals surface area contributed by atoms with Crippen LogP contribution in [0.15, 0.2) is 35.0 Å². The van der Waals surface area contributed by atoms with Crippen LogP contribution < -0.4 is 0 Å². The Morgan fingerprint density at radius 1 is 1.12 bits per heavy atom. The molecule has 26 heavy (non-hydrogen) atoms. The number of aliphatic hydroxyl groups is 2. The number of likely N-dealkylation sites (N-methyl/N-ethyl adjacent to an activating group) is 1. The lowest BCUT2D eigenvalue weighted by molar-refractivity contribution is -0.938. The Morgan fingerprint density at radius 3 is 2.12 bits per heavy atom. The van der Waals surface area contributed by atoms with Gasteiger partial charge in [-0.1, -0.05) is 12.1 Å². The number of thiophene rings is 2. The number of aliphatic hydroxyl groups excluding tert-OH is 1. The van der Waals surface area contributed by atoms with Crippen molar-refractivity contribution in [3.8, 4) is 0 Å². The Bertz CT molecular complexity index is 721. The van der Waals surface area contributed by atoms with Crippen LogP contribution in [0, 0.1) is 0 Å². The number of piperidine rings is 1. The van der Waals surface area contributed by atoms with Gasteiger partial charge in [0, 0.05) is 22.6 Å². The van der Waals surface area contributed by atoms with Gasteiger partial charge in [-0.3, -0.25) is 0 Å². The summed E-state index contributed by atoms with van der Waals surface area (Å²) in [5.74, 6) is 0. The average Bonchev–Trinajstić information content (AvgIpc) is 2.98. The Balaban J connectivity index is 1.39. The Hall–Kier alpha value is -0.800. The summed E-state index contributed by atoms with van der Waals surface area (Å²) in [5.41, 5.74) is -1.53. The highest BCUT2D eigenvalue weighted by molar-refractivity contribution is 7.11. The number of fused-ring (bicyclic) bond motifs is 5. The van der Waals surface area contributed by atoms with Crippen molar-refractivity contribution in [2.24, 2.45) is 0 Å². The Morgan fingerprint density at radius 2 is 1.65 bits per heavy atom. The number of morpholine rings is 1. The monoisotopic (exact) mass is 394 g/mol. The van der Waals surface area contributed by atoms with E-state index in [0.717, 1.165) is 17.3 Å². The molecular formula is C19H24NO4S2+. The molecule has 2 aromatic heterocycles. The third kappa shape index (κ3) is 2.39. The second kappa shape index (κ2) is 5.85. The molecule has 5 rings (SSSR count). The first-order valence-electron chi connectivity index (χ1n) is 9.05. The van der Waals surface area contributed by atoms with Gasteiger partial charge in [-0.25, -0.2) is 0 Å². The number of epoxide rings is 1. The van der Waals surface area contributed by atoms with Crippen molar-refractivity contribution in [2.45, 2.75) is 55.1 Å². The minimum atomic E-state index is -1.53. The van der Waals surface area contributed by atoms with E-state index in [-0.39, 0.29) is 6.10 Å². The van der Waals surface area contributed by atoms with Crippen LogP contribution in [0.25, 0.3) is 0 Å². The molecule has 2 N–H and O–H groups in total. The topological polar surface area (TPSA) is 62.2 Å². The maximum atomic E-state index is 11.5. The Kier molecular flexibility index (Phi) is 3.89. The van der Waals surface area contributed by atoms with Crippen LogP contribution >= 0.6 is 22.7 Å². The molecule has 2 aromatic rings. The van der Waals surface area contributed by atoms with E-state index in [2.05, 4.69) is 14.1 Å². The molecule has 3 fully saturated rings. The first-order chi connectivity index (χ1) is 12.4. The van der Waals surface area contributed by atoms with Gasteiger partial charge in [0.25, 0.3) is 0 Å². The van der Waals surface area contributed by atoms with Gasteiger partial charge in [0.1, 0.15) is 24.3 Å². The van der Waals surface area contributed by atoms with E-state index in [4.69, 9.17) is 9.47 Å². The minimum absolute atomic E-state index is 0.0611. The third-order valence-electron chi connectivity index (χ3n) is 6.51. The number of rotatable bonds is 5. The third-order valence-corrected chi connectivity index (χ3v) is 8.50. The quantitative estimate of drug-likeness (QED) is 0.463. The lowest BCUT2D eigenvalue weighted by atomic mass is 9.95. The molecule has 7 heteroatoms. The number of nitrogens with zero attached hydrogens (tertiary/aromatic N) is 1. The van der Waals surface area contributed by atoms with Gasteiger partial charge in [0.2, 0.25) is 0 Å². The van der Waals surface area contributed by atoms with Crippen LogP contribution in [0.5, 0.6) is 0 Å². The zero-order valence-electron chi connectivity index (χ0n) is 14.8. The number of hydrogen-bond acceptors (Lipinski definition) is 6. The standard InChI is InChI=1S/C19H24NO4S2/c1-20(2)12-9-11(10-13(20)17-16(12)24-17)23-18(21)19(22,14-5-3-7-25-14)15-6-4-8-26-15/h3-8,11-13,16-18,21-22H,9-10H2,1-2H3/q+1. The van der Waals surface area contributed by atoms with Gasteiger partial charge in [-0.05, 0) is 22.9 Å². The number of hydrogen-bond donors (Lipinski definition) is 2. The largest absolute Gasteiger partial charge is 0.374 e. The summed E-state index contributed by atoms with van der Waals surface area (Å²) in [6, 6.07) is 8.29. The van der Waals surface area contributed by atoms with E-state index in [1.807, 2.05) is 35.0 Å². The van der Waals surface area contributed by atoms with Crippen LogP contribution in [0.2, 0.25) is 0 Å². The van der Waals surface area contributed by atoms with Crippen LogP contribution in [0.3, 0.4) is 0 Å². The predicted octanol–water partition coefficient (Wildman–Crippen LogP) is 2.14. The zero-order valence-corrected chi connectivity index (χ0v) is 16.5. The number of ether oxygens (including phenoxy) is 2. The normalized spacial score (nSPS) is 35.9. The fraction of sp³-hybridized carbons (Fsp3) is 0.579. The highest BCUT2D eigenvalue weighted by Gasteiger charge is 2.70. The van der Waals surface area contributed by atoms with Crippen molar-refractivity contribution < 1.29 is 24.2 Å². The average molecular weight is 395 g/mol.